The Morgan fingerprint density at radius 1 is 1.16 bits per heavy atom. The van der Waals surface area contributed by atoms with Crippen molar-refractivity contribution in [2.45, 2.75) is 33.2 Å². The number of anilines is 1. The fraction of sp³-hybridized carbons (Fsp3) is 0.417. The van der Waals surface area contributed by atoms with Gasteiger partial charge in [-0.05, 0) is 68.3 Å². The average molecular weight is 427 g/mol. The highest BCUT2D eigenvalue weighted by atomic mass is 16.5. The molecule has 0 radical (unpaired) electrons. The predicted molar refractivity (Wildman–Crippen MR) is 119 cm³/mol. The number of ether oxygens (including phenoxy) is 3. The number of hydrogen-bond acceptors (Lipinski definition) is 5. The molecule has 2 aromatic rings. The van der Waals surface area contributed by atoms with Crippen LogP contribution in [0.4, 0.5) is 5.69 Å². The van der Waals surface area contributed by atoms with E-state index in [0.717, 1.165) is 22.6 Å². The topological polar surface area (TPSA) is 77.1 Å². The van der Waals surface area contributed by atoms with Crippen LogP contribution in [-0.2, 0) is 9.59 Å². The lowest BCUT2D eigenvalue weighted by Gasteiger charge is -2.21. The second kappa shape index (κ2) is 9.73. The number of methoxy groups -OCH3 is 2. The quantitative estimate of drug-likeness (QED) is 0.697. The van der Waals surface area contributed by atoms with Crippen molar-refractivity contribution in [3.8, 4) is 17.2 Å². The van der Waals surface area contributed by atoms with Crippen molar-refractivity contribution >= 4 is 17.5 Å². The highest BCUT2D eigenvalue weighted by molar-refractivity contribution is 6.00. The number of amides is 2. The minimum absolute atomic E-state index is 0.0562. The monoisotopic (exact) mass is 426 g/mol. The zero-order valence-corrected chi connectivity index (χ0v) is 18.7. The molecule has 31 heavy (non-hydrogen) atoms. The summed E-state index contributed by atoms with van der Waals surface area (Å²) in [5.74, 6) is 1.42. The van der Waals surface area contributed by atoms with E-state index in [4.69, 9.17) is 14.2 Å². The molecule has 7 heteroatoms. The first kappa shape index (κ1) is 22.5. The van der Waals surface area contributed by atoms with Crippen molar-refractivity contribution in [2.24, 2.45) is 5.92 Å². The average Bonchev–Trinajstić information content (AvgIpc) is 3.16. The van der Waals surface area contributed by atoms with Crippen LogP contribution in [0.3, 0.4) is 0 Å². The summed E-state index contributed by atoms with van der Waals surface area (Å²) >= 11 is 0. The summed E-state index contributed by atoms with van der Waals surface area (Å²) < 4.78 is 16.2. The van der Waals surface area contributed by atoms with E-state index in [1.165, 1.54) is 0 Å². The summed E-state index contributed by atoms with van der Waals surface area (Å²) in [5.41, 5.74) is 2.70. The number of hydrogen-bond donors (Lipinski definition) is 1. The lowest BCUT2D eigenvalue weighted by molar-refractivity contribution is -0.126. The third-order valence-electron chi connectivity index (χ3n) is 5.55. The lowest BCUT2D eigenvalue weighted by atomic mass is 10.00. The smallest absolute Gasteiger partial charge is 0.227 e. The third-order valence-corrected chi connectivity index (χ3v) is 5.55. The molecule has 1 N–H and O–H groups in total. The van der Waals surface area contributed by atoms with Gasteiger partial charge < -0.3 is 24.4 Å². The van der Waals surface area contributed by atoms with Crippen molar-refractivity contribution in [1.82, 2.24) is 5.32 Å². The minimum atomic E-state index is -0.401. The van der Waals surface area contributed by atoms with Gasteiger partial charge >= 0.3 is 0 Å². The highest BCUT2D eigenvalue weighted by Gasteiger charge is 2.35. The second-order valence-corrected chi connectivity index (χ2v) is 7.63. The molecule has 1 heterocycles. The molecule has 0 aliphatic carbocycles. The Morgan fingerprint density at radius 3 is 2.42 bits per heavy atom. The molecule has 2 amide bonds. The Balaban J connectivity index is 1.68. The van der Waals surface area contributed by atoms with Gasteiger partial charge in [-0.3, -0.25) is 9.59 Å². The predicted octanol–water partition coefficient (Wildman–Crippen LogP) is 3.64. The number of nitrogens with zero attached hydrogens (tertiary/aromatic N) is 1. The maximum Gasteiger partial charge on any atom is 0.227 e. The van der Waals surface area contributed by atoms with Gasteiger partial charge in [-0.2, -0.15) is 0 Å². The van der Waals surface area contributed by atoms with Gasteiger partial charge in [-0.15, -0.1) is 0 Å². The van der Waals surface area contributed by atoms with Crippen LogP contribution in [0.5, 0.6) is 17.2 Å². The third kappa shape index (κ3) is 4.93. The Morgan fingerprint density at radius 2 is 1.81 bits per heavy atom. The van der Waals surface area contributed by atoms with Crippen molar-refractivity contribution < 1.29 is 23.8 Å². The van der Waals surface area contributed by atoms with Gasteiger partial charge in [0, 0.05) is 18.7 Å². The van der Waals surface area contributed by atoms with E-state index in [1.54, 1.807) is 19.1 Å². The van der Waals surface area contributed by atoms with E-state index in [-0.39, 0.29) is 24.3 Å². The summed E-state index contributed by atoms with van der Waals surface area (Å²) in [4.78, 5) is 27.1. The molecule has 0 saturated carbocycles. The van der Waals surface area contributed by atoms with Crippen molar-refractivity contribution in [1.29, 1.82) is 0 Å². The van der Waals surface area contributed by atoms with Gasteiger partial charge in [0.05, 0.1) is 32.8 Å². The number of nitrogens with one attached hydrogen (secondary N) is 1. The van der Waals surface area contributed by atoms with E-state index in [2.05, 4.69) is 5.32 Å². The highest BCUT2D eigenvalue weighted by Crippen LogP contribution is 2.33. The maximum absolute atomic E-state index is 12.9. The summed E-state index contributed by atoms with van der Waals surface area (Å²) in [6.45, 7) is 6.75. The Kier molecular flexibility index (Phi) is 7.05. The largest absolute Gasteiger partial charge is 0.494 e. The lowest BCUT2D eigenvalue weighted by Crippen LogP contribution is -2.34. The minimum Gasteiger partial charge on any atom is -0.494 e. The molecule has 2 aromatic carbocycles. The SMILES string of the molecule is CCOc1ccc(N2CC(C(=O)NC(C)c3cc(OC)c(OC)cc3C)CC2=O)cc1. The zero-order valence-electron chi connectivity index (χ0n) is 18.7. The Bertz CT molecular complexity index is 942. The first-order chi connectivity index (χ1) is 14.9. The summed E-state index contributed by atoms with van der Waals surface area (Å²) in [7, 11) is 3.18. The van der Waals surface area contributed by atoms with Crippen LogP contribution in [0.1, 0.15) is 37.4 Å². The van der Waals surface area contributed by atoms with Crippen molar-refractivity contribution in [2.75, 3.05) is 32.3 Å². The molecule has 1 aliphatic heterocycles. The van der Waals surface area contributed by atoms with Crippen LogP contribution in [-0.4, -0.2) is 39.2 Å². The number of benzene rings is 2. The van der Waals surface area contributed by atoms with Crippen molar-refractivity contribution in [3.05, 3.63) is 47.5 Å². The van der Waals surface area contributed by atoms with Gasteiger partial charge in [0.2, 0.25) is 11.8 Å². The maximum atomic E-state index is 12.9. The van der Waals surface area contributed by atoms with Gasteiger partial charge in [0.25, 0.3) is 0 Å². The molecule has 1 fully saturated rings. The van der Waals surface area contributed by atoms with Gasteiger partial charge in [-0.25, -0.2) is 0 Å². The van der Waals surface area contributed by atoms with Gasteiger partial charge in [0.1, 0.15) is 5.75 Å². The van der Waals surface area contributed by atoms with Crippen molar-refractivity contribution in [3.63, 3.8) is 0 Å². The first-order valence-electron chi connectivity index (χ1n) is 10.4. The van der Waals surface area contributed by atoms with E-state index < -0.39 is 5.92 Å². The summed E-state index contributed by atoms with van der Waals surface area (Å²) in [5, 5.41) is 3.05. The number of rotatable bonds is 8. The Labute approximate surface area is 183 Å². The summed E-state index contributed by atoms with van der Waals surface area (Å²) in [6, 6.07) is 10.9. The molecule has 2 atom stereocenters. The Hall–Kier alpha value is -3.22. The van der Waals surface area contributed by atoms with Crippen LogP contribution in [0.15, 0.2) is 36.4 Å². The normalized spacial score (nSPS) is 16.7. The molecule has 3 rings (SSSR count). The number of aryl methyl sites for hydroxylation is 1. The number of carbonyl (C=O) groups excluding carboxylic acids is 2. The van der Waals surface area contributed by atoms with E-state index in [0.29, 0.717) is 24.7 Å². The van der Waals surface area contributed by atoms with Gasteiger partial charge in [0.15, 0.2) is 11.5 Å². The van der Waals surface area contributed by atoms with Crippen LogP contribution in [0, 0.1) is 12.8 Å². The first-order valence-corrected chi connectivity index (χ1v) is 10.4. The molecule has 0 spiro atoms. The molecule has 166 valence electrons. The van der Waals surface area contributed by atoms with Crippen LogP contribution in [0.2, 0.25) is 0 Å². The fourth-order valence-corrected chi connectivity index (χ4v) is 3.89. The van der Waals surface area contributed by atoms with Gasteiger partial charge in [-0.1, -0.05) is 0 Å². The second-order valence-electron chi connectivity index (χ2n) is 7.63. The number of carbonyl (C=O) groups is 2. The van der Waals surface area contributed by atoms with E-state index in [9.17, 15) is 9.59 Å². The molecule has 1 aliphatic rings. The zero-order chi connectivity index (χ0) is 22.5. The molecule has 7 nitrogen and oxygen atoms in total. The molecular formula is C24H30N2O5. The van der Waals surface area contributed by atoms with E-state index in [1.807, 2.05) is 57.2 Å². The molecule has 1 saturated heterocycles. The molecule has 2 unspecified atom stereocenters. The van der Waals surface area contributed by atoms with Crippen LogP contribution in [0.25, 0.3) is 0 Å². The molecule has 0 aromatic heterocycles. The fourth-order valence-electron chi connectivity index (χ4n) is 3.89. The summed E-state index contributed by atoms with van der Waals surface area (Å²) in [6.07, 6.45) is 0.191. The standard InChI is InChI=1S/C24H30N2O5/c1-6-31-19-9-7-18(8-10-19)26-14-17(12-23(26)27)24(28)25-16(3)20-13-22(30-5)21(29-4)11-15(20)2/h7-11,13,16-17H,6,12,14H2,1-5H3,(H,25,28). The molecule has 0 bridgehead atoms. The molecular weight excluding hydrogens is 396 g/mol. The van der Waals surface area contributed by atoms with Crippen LogP contribution < -0.4 is 24.4 Å². The van der Waals surface area contributed by atoms with Crippen LogP contribution >= 0.6 is 0 Å². The van der Waals surface area contributed by atoms with E-state index >= 15 is 0 Å².